The van der Waals surface area contributed by atoms with Crippen molar-refractivity contribution in [2.24, 2.45) is 0 Å². The Morgan fingerprint density at radius 2 is 0.703 bits per heavy atom. The van der Waals surface area contributed by atoms with E-state index < -0.39 is 64.4 Å². The van der Waals surface area contributed by atoms with Gasteiger partial charge in [0.05, 0.1) is 26.2 Å². The van der Waals surface area contributed by atoms with E-state index in [2.05, 4.69) is 161 Å². The van der Waals surface area contributed by atoms with Gasteiger partial charge in [0, 0.05) is 12.8 Å². The summed E-state index contributed by atoms with van der Waals surface area (Å²) in [5, 5.41) is 9.80. The summed E-state index contributed by atoms with van der Waals surface area (Å²) >= 11 is 0. The molecule has 2 N–H and O–H groups in total. The highest BCUT2D eigenvalue weighted by Crippen LogP contribution is 2.43. The number of allylic oxidation sites excluding steroid dienone is 25. The Morgan fingerprint density at radius 3 is 1.09 bits per heavy atom. The Labute approximate surface area is 447 Å². The van der Waals surface area contributed by atoms with Crippen LogP contribution in [0.4, 0.5) is 0 Å². The highest BCUT2D eigenvalue weighted by molar-refractivity contribution is 7.47. The summed E-state index contributed by atoms with van der Waals surface area (Å²) in [5.41, 5.74) is 0. The van der Waals surface area contributed by atoms with Crippen LogP contribution in [-0.2, 0) is 42.2 Å². The maximum Gasteiger partial charge on any atom is 0.472 e. The van der Waals surface area contributed by atoms with E-state index in [1.54, 1.807) is 6.08 Å². The lowest BCUT2D eigenvalue weighted by molar-refractivity contribution is -0.161. The van der Waals surface area contributed by atoms with Crippen LogP contribution in [0.15, 0.2) is 158 Å². The van der Waals surface area contributed by atoms with E-state index in [-0.39, 0.29) is 19.3 Å². The first-order chi connectivity index (χ1) is 36.2. The van der Waals surface area contributed by atoms with Crippen molar-refractivity contribution < 1.29 is 52.2 Å². The molecule has 12 heteroatoms. The maximum atomic E-state index is 12.9. The number of aliphatic hydroxyl groups excluding tert-OH is 1. The van der Waals surface area contributed by atoms with Gasteiger partial charge in [-0.2, -0.15) is 0 Å². The minimum atomic E-state index is -4.80. The van der Waals surface area contributed by atoms with E-state index >= 15 is 0 Å². The van der Waals surface area contributed by atoms with Crippen molar-refractivity contribution in [3.8, 4) is 0 Å². The van der Waals surface area contributed by atoms with Gasteiger partial charge in [-0.05, 0) is 122 Å². The van der Waals surface area contributed by atoms with Gasteiger partial charge in [-0.3, -0.25) is 23.4 Å². The maximum absolute atomic E-state index is 12.9. The molecule has 74 heavy (non-hydrogen) atoms. The Balaban J connectivity index is 4.95. The van der Waals surface area contributed by atoms with Crippen LogP contribution in [-0.4, -0.2) is 66.5 Å². The van der Waals surface area contributed by atoms with Crippen LogP contribution < -0.4 is 0 Å². The molecule has 0 aliphatic heterocycles. The number of unbranched alkanes of at least 4 members (excludes halogenated alkanes) is 6. The monoisotopic (exact) mass is 1050 g/mol. The van der Waals surface area contributed by atoms with Crippen molar-refractivity contribution in [1.82, 2.24) is 0 Å². The predicted molar refractivity (Wildman–Crippen MR) is 306 cm³/mol. The Kier molecular flexibility index (Phi) is 50.8. The molecule has 0 rings (SSSR count). The van der Waals surface area contributed by atoms with Crippen molar-refractivity contribution in [1.29, 1.82) is 0 Å². The van der Waals surface area contributed by atoms with Crippen molar-refractivity contribution in [2.45, 2.75) is 187 Å². The topological polar surface area (TPSA) is 155 Å². The first-order valence-corrected chi connectivity index (χ1v) is 28.9. The number of rotatable bonds is 48. The minimum absolute atomic E-state index is 0.0237. The third-order valence-corrected chi connectivity index (χ3v) is 11.4. The quantitative estimate of drug-likeness (QED) is 0.0197. The second-order valence-corrected chi connectivity index (χ2v) is 18.7. The molecule has 0 heterocycles. The molecule has 3 unspecified atom stereocenters. The first kappa shape index (κ1) is 69.1. The number of carbonyl (C=O) groups excluding carboxylic acids is 3. The summed E-state index contributed by atoms with van der Waals surface area (Å²) in [6.45, 7) is 4.07. The summed E-state index contributed by atoms with van der Waals surface area (Å²) in [5.74, 6) is -1.71. The number of aliphatic hydroxyl groups is 1. The molecule has 0 radical (unpaired) electrons. The number of phosphoric ester groups is 1. The minimum Gasteiger partial charge on any atom is -0.461 e. The third kappa shape index (κ3) is 52.0. The lowest BCUT2D eigenvalue weighted by atomic mass is 10.1. The van der Waals surface area contributed by atoms with Gasteiger partial charge in [-0.1, -0.05) is 192 Å². The van der Waals surface area contributed by atoms with Crippen LogP contribution in [0.5, 0.6) is 0 Å². The van der Waals surface area contributed by atoms with Gasteiger partial charge >= 0.3 is 25.7 Å². The fourth-order valence-electron chi connectivity index (χ4n) is 6.41. The molecule has 0 saturated carbocycles. The molecule has 0 saturated heterocycles. The average molecular weight is 1050 g/mol. The van der Waals surface area contributed by atoms with Gasteiger partial charge in [0.15, 0.2) is 6.10 Å². The second kappa shape index (κ2) is 54.4. The van der Waals surface area contributed by atoms with Crippen molar-refractivity contribution in [3.05, 3.63) is 158 Å². The van der Waals surface area contributed by atoms with E-state index in [1.165, 1.54) is 0 Å². The van der Waals surface area contributed by atoms with E-state index in [9.17, 15) is 28.9 Å². The van der Waals surface area contributed by atoms with Crippen molar-refractivity contribution in [2.75, 3.05) is 26.4 Å². The summed E-state index contributed by atoms with van der Waals surface area (Å²) in [4.78, 5) is 48.4. The van der Waals surface area contributed by atoms with Crippen LogP contribution in [0.1, 0.15) is 175 Å². The van der Waals surface area contributed by atoms with Crippen LogP contribution in [0.25, 0.3) is 0 Å². The highest BCUT2D eigenvalue weighted by Gasteiger charge is 2.28. The fraction of sp³-hybridized carbons (Fsp3) is 0.532. The number of esters is 3. The lowest BCUT2D eigenvalue weighted by Gasteiger charge is -2.21. The van der Waals surface area contributed by atoms with Crippen LogP contribution in [0.3, 0.4) is 0 Å². The lowest BCUT2D eigenvalue weighted by Crippen LogP contribution is -2.30. The largest absolute Gasteiger partial charge is 0.472 e. The summed E-state index contributed by atoms with van der Waals surface area (Å²) in [6, 6.07) is 0. The van der Waals surface area contributed by atoms with Gasteiger partial charge in [-0.15, -0.1) is 0 Å². The molecule has 0 aliphatic carbocycles. The number of ether oxygens (including phenoxy) is 3. The van der Waals surface area contributed by atoms with Gasteiger partial charge in [0.25, 0.3) is 0 Å². The molecule has 0 aromatic rings. The predicted octanol–water partition coefficient (Wildman–Crippen LogP) is 16.1. The molecule has 0 amide bonds. The molecule has 0 bridgehead atoms. The molecule has 11 nitrogen and oxygen atoms in total. The molecular weight excluding hydrogens is 952 g/mol. The number of carbonyl (C=O) groups is 3. The molecule has 0 fully saturated rings. The normalized spacial score (nSPS) is 14.6. The van der Waals surface area contributed by atoms with Gasteiger partial charge in [0.2, 0.25) is 0 Å². The molecule has 3 atom stereocenters. The SMILES string of the molecule is CC/C=C\C/C=C\C/C=C\C/C=C\C/C=C\CC(=O)OCC(COP(=O)(O)OCC(CO)OC(=O)CCCC/C=C\C/C=C\C/C=C\C/C=C\CC)OC(=O)CCCCCC/C=C\C/C=C\C/C=C\C/C=C\CC. The molecule has 0 aliphatic rings. The zero-order valence-corrected chi connectivity index (χ0v) is 46.4. The molecule has 0 spiro atoms. The number of hydrogen-bond acceptors (Lipinski definition) is 10. The molecular formula is C62H95O11P. The number of hydrogen-bond donors (Lipinski definition) is 2. The molecule has 414 valence electrons. The second-order valence-electron chi connectivity index (χ2n) is 17.3. The Hall–Kier alpha value is -4.90. The smallest absolute Gasteiger partial charge is 0.461 e. The van der Waals surface area contributed by atoms with E-state index in [1.807, 2.05) is 12.2 Å². The summed E-state index contributed by atoms with van der Waals surface area (Å²) in [6.07, 6.45) is 71.0. The Bertz CT molecular complexity index is 1840. The van der Waals surface area contributed by atoms with Crippen molar-refractivity contribution in [3.63, 3.8) is 0 Å². The standard InChI is InChI=1S/C62H95O11P/c1-4-7-10-13-16-19-22-25-28-29-32-35-38-41-44-47-50-53-62(66)73-59(55-69-60(64)51-48-45-42-39-36-33-30-26-23-20-17-14-11-8-5-2)57-71-74(67,68)70-56-58(54-63)72-61(65)52-49-46-43-40-37-34-31-27-24-21-18-15-12-9-6-3/h7-12,16-21,25-28,30-32,35-37,39-40,45,48,58-59,63H,4-6,13-15,22-24,29,33-34,38,41-44,46-47,49-57H2,1-3H3,(H,67,68)/b10-7-,11-8-,12-9-,19-16-,20-17-,21-18-,28-25-,30-26-,31-27-,35-32-,39-36-,40-37-,48-45-. The van der Waals surface area contributed by atoms with Gasteiger partial charge < -0.3 is 24.2 Å². The van der Waals surface area contributed by atoms with Crippen LogP contribution in [0, 0.1) is 0 Å². The summed E-state index contributed by atoms with van der Waals surface area (Å²) in [7, 11) is -4.80. The number of phosphoric acid groups is 1. The van der Waals surface area contributed by atoms with E-state index in [0.29, 0.717) is 19.3 Å². The van der Waals surface area contributed by atoms with E-state index in [0.717, 1.165) is 116 Å². The highest BCUT2D eigenvalue weighted by atomic mass is 31.2. The van der Waals surface area contributed by atoms with Gasteiger partial charge in [0.1, 0.15) is 12.7 Å². The fourth-order valence-corrected chi connectivity index (χ4v) is 7.19. The Morgan fingerprint density at radius 1 is 0.392 bits per heavy atom. The molecule has 0 aromatic heterocycles. The van der Waals surface area contributed by atoms with Gasteiger partial charge in [-0.25, -0.2) is 4.57 Å². The van der Waals surface area contributed by atoms with E-state index in [4.69, 9.17) is 23.3 Å². The zero-order valence-electron chi connectivity index (χ0n) is 45.5. The zero-order chi connectivity index (χ0) is 54.1. The third-order valence-electron chi connectivity index (χ3n) is 10.5. The van der Waals surface area contributed by atoms with Crippen LogP contribution in [0.2, 0.25) is 0 Å². The van der Waals surface area contributed by atoms with Crippen molar-refractivity contribution >= 4 is 25.7 Å². The summed E-state index contributed by atoms with van der Waals surface area (Å²) < 4.78 is 39.3. The first-order valence-electron chi connectivity index (χ1n) is 27.4. The molecule has 0 aromatic carbocycles. The average Bonchev–Trinajstić information content (AvgIpc) is 3.39. The van der Waals surface area contributed by atoms with Crippen LogP contribution >= 0.6 is 7.82 Å².